The van der Waals surface area contributed by atoms with Gasteiger partial charge >= 0.3 is 0 Å². The molecule has 0 N–H and O–H groups in total. The van der Waals surface area contributed by atoms with Gasteiger partial charge in [0.25, 0.3) is 0 Å². The molecule has 0 aromatic heterocycles. The summed E-state index contributed by atoms with van der Waals surface area (Å²) in [7, 11) is 0. The van der Waals surface area contributed by atoms with E-state index < -0.39 is 0 Å². The highest BCUT2D eigenvalue weighted by molar-refractivity contribution is 7.80. The summed E-state index contributed by atoms with van der Waals surface area (Å²) >= 11 is 4.55. The monoisotopic (exact) mass is 202 g/mol. The van der Waals surface area contributed by atoms with Crippen LogP contribution in [-0.4, -0.2) is 5.25 Å². The van der Waals surface area contributed by atoms with Crippen molar-refractivity contribution in [2.75, 3.05) is 0 Å². The van der Waals surface area contributed by atoms with Crippen LogP contribution in [0.2, 0.25) is 0 Å². The number of thiol groups is 1. The van der Waals surface area contributed by atoms with Crippen LogP contribution in [0.15, 0.2) is 0 Å². The van der Waals surface area contributed by atoms with Crippen LogP contribution in [0.4, 0.5) is 0 Å². The van der Waals surface area contributed by atoms with Crippen molar-refractivity contribution in [3.63, 3.8) is 0 Å². The summed E-state index contributed by atoms with van der Waals surface area (Å²) in [5.74, 6) is 3.16. The molecule has 80 valence electrons. The normalized spacial score (nSPS) is 21.2. The zero-order valence-corrected chi connectivity index (χ0v) is 10.9. The molecule has 0 aliphatic heterocycles. The first-order chi connectivity index (χ1) is 5.91. The van der Waals surface area contributed by atoms with E-state index in [4.69, 9.17) is 0 Å². The lowest BCUT2D eigenvalue weighted by Gasteiger charge is -2.33. The van der Waals surface area contributed by atoms with Crippen LogP contribution in [0, 0.1) is 23.7 Å². The van der Waals surface area contributed by atoms with Crippen LogP contribution >= 0.6 is 12.6 Å². The van der Waals surface area contributed by atoms with Crippen molar-refractivity contribution in [2.45, 2.75) is 53.2 Å². The second-order valence-electron chi connectivity index (χ2n) is 4.77. The van der Waals surface area contributed by atoms with E-state index in [1.165, 1.54) is 6.42 Å². The van der Waals surface area contributed by atoms with E-state index in [0.29, 0.717) is 5.25 Å². The van der Waals surface area contributed by atoms with Crippen molar-refractivity contribution in [3.05, 3.63) is 0 Å². The van der Waals surface area contributed by atoms with Crippen molar-refractivity contribution >= 4 is 12.6 Å². The van der Waals surface area contributed by atoms with Crippen molar-refractivity contribution in [1.82, 2.24) is 0 Å². The molecule has 4 atom stereocenters. The van der Waals surface area contributed by atoms with Gasteiger partial charge < -0.3 is 0 Å². The van der Waals surface area contributed by atoms with Gasteiger partial charge in [-0.25, -0.2) is 0 Å². The molecule has 0 saturated heterocycles. The SMILES string of the molecule is CCC(C(C)C(C)C)C(C)C(C)S. The van der Waals surface area contributed by atoms with E-state index in [1.807, 2.05) is 0 Å². The van der Waals surface area contributed by atoms with Crippen LogP contribution < -0.4 is 0 Å². The molecular formula is C12H26S. The highest BCUT2D eigenvalue weighted by Crippen LogP contribution is 2.32. The Morgan fingerprint density at radius 1 is 0.923 bits per heavy atom. The third-order valence-corrected chi connectivity index (χ3v) is 4.10. The van der Waals surface area contributed by atoms with E-state index in [1.54, 1.807) is 0 Å². The molecule has 4 unspecified atom stereocenters. The lowest BCUT2D eigenvalue weighted by atomic mass is 9.75. The van der Waals surface area contributed by atoms with Gasteiger partial charge in [-0.1, -0.05) is 48.0 Å². The first-order valence-electron chi connectivity index (χ1n) is 5.59. The van der Waals surface area contributed by atoms with E-state index in [0.717, 1.165) is 23.7 Å². The molecule has 0 aromatic carbocycles. The molecule has 0 aliphatic carbocycles. The van der Waals surface area contributed by atoms with Crippen LogP contribution in [0.25, 0.3) is 0 Å². The molecule has 0 fully saturated rings. The Morgan fingerprint density at radius 2 is 1.38 bits per heavy atom. The number of hydrogen-bond acceptors (Lipinski definition) is 1. The van der Waals surface area contributed by atoms with Gasteiger partial charge in [0.15, 0.2) is 0 Å². The number of hydrogen-bond donors (Lipinski definition) is 1. The van der Waals surface area contributed by atoms with Crippen molar-refractivity contribution < 1.29 is 0 Å². The quantitative estimate of drug-likeness (QED) is 0.633. The van der Waals surface area contributed by atoms with Crippen LogP contribution in [0.1, 0.15) is 48.0 Å². The van der Waals surface area contributed by atoms with Gasteiger partial charge in [0.05, 0.1) is 0 Å². The molecule has 0 spiro atoms. The first-order valence-corrected chi connectivity index (χ1v) is 6.11. The molecule has 0 radical (unpaired) electrons. The first kappa shape index (κ1) is 13.4. The Hall–Kier alpha value is 0.350. The molecular weight excluding hydrogens is 176 g/mol. The van der Waals surface area contributed by atoms with Crippen molar-refractivity contribution in [1.29, 1.82) is 0 Å². The van der Waals surface area contributed by atoms with Gasteiger partial charge in [-0.3, -0.25) is 0 Å². The topological polar surface area (TPSA) is 0 Å². The Kier molecular flexibility index (Phi) is 6.11. The number of rotatable bonds is 5. The minimum Gasteiger partial charge on any atom is -0.176 e. The van der Waals surface area contributed by atoms with Crippen LogP contribution in [0.3, 0.4) is 0 Å². The summed E-state index contributed by atoms with van der Waals surface area (Å²) in [4.78, 5) is 0. The van der Waals surface area contributed by atoms with Gasteiger partial charge in [-0.05, 0) is 23.7 Å². The molecule has 0 aliphatic rings. The Morgan fingerprint density at radius 3 is 1.62 bits per heavy atom. The average molecular weight is 202 g/mol. The maximum atomic E-state index is 4.55. The predicted molar refractivity (Wildman–Crippen MR) is 65.4 cm³/mol. The maximum absolute atomic E-state index is 4.55. The second-order valence-corrected chi connectivity index (χ2v) is 5.59. The zero-order chi connectivity index (χ0) is 10.6. The molecule has 1 heteroatoms. The summed E-state index contributed by atoms with van der Waals surface area (Å²) in [6.45, 7) is 13.9. The molecule has 0 aromatic rings. The van der Waals surface area contributed by atoms with Gasteiger partial charge in [-0.15, -0.1) is 0 Å². The van der Waals surface area contributed by atoms with Crippen LogP contribution in [-0.2, 0) is 0 Å². The fourth-order valence-electron chi connectivity index (χ4n) is 2.07. The summed E-state index contributed by atoms with van der Waals surface area (Å²) in [6, 6.07) is 0. The van der Waals surface area contributed by atoms with Gasteiger partial charge in [0.1, 0.15) is 0 Å². The molecule has 0 saturated carbocycles. The molecule has 0 bridgehead atoms. The average Bonchev–Trinajstić information content (AvgIpc) is 2.04. The van der Waals surface area contributed by atoms with E-state index >= 15 is 0 Å². The standard InChI is InChI=1S/C12H26S/c1-7-12(9(4)8(2)3)10(5)11(6)13/h8-13H,7H2,1-6H3. The lowest BCUT2D eigenvalue weighted by Crippen LogP contribution is -2.27. The maximum Gasteiger partial charge on any atom is 0.00168 e. The molecule has 0 heterocycles. The summed E-state index contributed by atoms with van der Waals surface area (Å²) < 4.78 is 0. The molecule has 0 amide bonds. The lowest BCUT2D eigenvalue weighted by molar-refractivity contribution is 0.197. The smallest absolute Gasteiger partial charge is 0.00168 e. The highest BCUT2D eigenvalue weighted by atomic mass is 32.1. The minimum atomic E-state index is 0.520. The molecule has 13 heavy (non-hydrogen) atoms. The van der Waals surface area contributed by atoms with Gasteiger partial charge in [0, 0.05) is 5.25 Å². The fraction of sp³-hybridized carbons (Fsp3) is 1.00. The summed E-state index contributed by atoms with van der Waals surface area (Å²) in [5.41, 5.74) is 0. The minimum absolute atomic E-state index is 0.520. The Labute approximate surface area is 89.9 Å². The van der Waals surface area contributed by atoms with Gasteiger partial charge in [-0.2, -0.15) is 12.6 Å². The highest BCUT2D eigenvalue weighted by Gasteiger charge is 2.26. The fourth-order valence-corrected chi connectivity index (χ4v) is 2.30. The Bertz CT molecular complexity index is 115. The largest absolute Gasteiger partial charge is 0.176 e. The van der Waals surface area contributed by atoms with Crippen molar-refractivity contribution in [3.8, 4) is 0 Å². The van der Waals surface area contributed by atoms with Crippen molar-refractivity contribution in [2.24, 2.45) is 23.7 Å². The molecule has 0 nitrogen and oxygen atoms in total. The Balaban J connectivity index is 4.31. The van der Waals surface area contributed by atoms with E-state index in [2.05, 4.69) is 54.2 Å². The third-order valence-electron chi connectivity index (χ3n) is 3.63. The summed E-state index contributed by atoms with van der Waals surface area (Å²) in [5, 5.41) is 0.520. The van der Waals surface area contributed by atoms with E-state index in [9.17, 15) is 0 Å². The molecule has 0 rings (SSSR count). The zero-order valence-electron chi connectivity index (χ0n) is 10.0. The van der Waals surface area contributed by atoms with Gasteiger partial charge in [0.2, 0.25) is 0 Å². The second kappa shape index (κ2) is 5.95. The predicted octanol–water partition coefficient (Wildman–Crippen LogP) is 4.26. The third kappa shape index (κ3) is 3.93. The van der Waals surface area contributed by atoms with E-state index in [-0.39, 0.29) is 0 Å². The van der Waals surface area contributed by atoms with Crippen LogP contribution in [0.5, 0.6) is 0 Å². The summed E-state index contributed by atoms with van der Waals surface area (Å²) in [6.07, 6.45) is 1.28.